The minimum Gasteiger partial charge on any atom is -0.389 e. The minimum absolute atomic E-state index is 0.104. The van der Waals surface area contributed by atoms with Crippen molar-refractivity contribution in [1.29, 1.82) is 0 Å². The summed E-state index contributed by atoms with van der Waals surface area (Å²) in [7, 11) is -1.69. The molecule has 1 fully saturated rings. The van der Waals surface area contributed by atoms with Gasteiger partial charge in [-0.2, -0.15) is 0 Å². The number of nitrogens with two attached hydrogens (primary N) is 1. The second-order valence-electron chi connectivity index (χ2n) is 7.38. The van der Waals surface area contributed by atoms with Crippen molar-refractivity contribution < 1.29 is 28.2 Å². The van der Waals surface area contributed by atoms with Gasteiger partial charge in [0.2, 0.25) is 0 Å². The van der Waals surface area contributed by atoms with Gasteiger partial charge in [0, 0.05) is 13.8 Å². The molecule has 162 valence electrons. The third-order valence-electron chi connectivity index (χ3n) is 5.00. The van der Waals surface area contributed by atoms with Crippen LogP contribution < -0.4 is 5.73 Å². The molecule has 5 atom stereocenters. The van der Waals surface area contributed by atoms with Crippen LogP contribution in [-0.4, -0.2) is 70.4 Å². The van der Waals surface area contributed by atoms with Crippen LogP contribution in [0, 0.1) is 12.3 Å². The van der Waals surface area contributed by atoms with Crippen LogP contribution in [0.15, 0.2) is 6.33 Å². The number of anilines is 1. The third kappa shape index (κ3) is 4.16. The fraction of sp³-hybridized carbons (Fsp3) is 0.706. The number of aliphatic hydroxyl groups is 1. The van der Waals surface area contributed by atoms with Crippen molar-refractivity contribution in [1.82, 2.24) is 19.5 Å². The number of hydrogen-bond donors (Lipinski definition) is 2. The van der Waals surface area contributed by atoms with E-state index < -0.39 is 31.4 Å². The van der Waals surface area contributed by atoms with Gasteiger partial charge in [0.05, 0.1) is 37.7 Å². The highest BCUT2D eigenvalue weighted by atomic mass is 31.2. The Morgan fingerprint density at radius 1 is 1.41 bits per heavy atom. The van der Waals surface area contributed by atoms with Crippen molar-refractivity contribution >= 4 is 24.6 Å². The van der Waals surface area contributed by atoms with Crippen LogP contribution in [0.2, 0.25) is 0 Å². The summed E-state index contributed by atoms with van der Waals surface area (Å²) in [6, 6.07) is 0. The Bertz CT molecular complexity index is 923. The van der Waals surface area contributed by atoms with Gasteiger partial charge < -0.3 is 29.4 Å². The SMILES string of the molecule is CCOP(C)(=O)OC[C@H]1O[C@@H](n2cnc3c(N)nc(C)nc32)C(C)(COC)[C@H]1O. The molecule has 12 heteroatoms. The molecule has 0 aliphatic carbocycles. The average molecular weight is 429 g/mol. The molecule has 11 nitrogen and oxygen atoms in total. The molecule has 2 unspecified atom stereocenters. The molecule has 0 amide bonds. The van der Waals surface area contributed by atoms with Gasteiger partial charge in [-0.05, 0) is 13.8 Å². The van der Waals surface area contributed by atoms with Gasteiger partial charge in [0.15, 0.2) is 11.5 Å². The molecule has 3 heterocycles. The van der Waals surface area contributed by atoms with Gasteiger partial charge >= 0.3 is 7.60 Å². The largest absolute Gasteiger partial charge is 0.389 e. The number of fused-ring (bicyclic) bond motifs is 1. The first-order chi connectivity index (χ1) is 13.6. The quantitative estimate of drug-likeness (QED) is 0.592. The van der Waals surface area contributed by atoms with Gasteiger partial charge in [0.25, 0.3) is 0 Å². The minimum atomic E-state index is -3.24. The molecule has 1 aliphatic heterocycles. The van der Waals surface area contributed by atoms with Crippen LogP contribution in [0.4, 0.5) is 5.82 Å². The van der Waals surface area contributed by atoms with Gasteiger partial charge in [-0.15, -0.1) is 0 Å². The molecule has 0 bridgehead atoms. The van der Waals surface area contributed by atoms with E-state index in [2.05, 4.69) is 15.0 Å². The highest BCUT2D eigenvalue weighted by Gasteiger charge is 2.54. The molecular weight excluding hydrogens is 401 g/mol. The second kappa shape index (κ2) is 8.25. The number of rotatable bonds is 8. The number of imidazole rings is 1. The summed E-state index contributed by atoms with van der Waals surface area (Å²) in [5.41, 5.74) is 6.05. The summed E-state index contributed by atoms with van der Waals surface area (Å²) in [5, 5.41) is 11.0. The summed E-state index contributed by atoms with van der Waals surface area (Å²) < 4.78 is 36.0. The first-order valence-electron chi connectivity index (χ1n) is 9.28. The highest BCUT2D eigenvalue weighted by molar-refractivity contribution is 7.52. The molecule has 0 spiro atoms. The standard InChI is InChI=1S/C17H28N5O6P/c1-6-26-29(5,24)27-7-11-13(23)17(3,8-25-4)16(28-11)22-9-19-12-14(18)20-10(2)21-15(12)22/h9,11,13,16,23H,6-8H2,1-5H3,(H2,18,20,21)/t11-,13+,16-,17?,29?/m1/s1. The van der Waals surface area contributed by atoms with Crippen molar-refractivity contribution in [2.24, 2.45) is 5.41 Å². The van der Waals surface area contributed by atoms with Crippen molar-refractivity contribution in [3.63, 3.8) is 0 Å². The molecule has 2 aromatic rings. The number of methoxy groups -OCH3 is 1. The van der Waals surface area contributed by atoms with E-state index in [1.165, 1.54) is 6.66 Å². The maximum Gasteiger partial charge on any atom is 0.327 e. The number of hydrogen-bond acceptors (Lipinski definition) is 10. The Morgan fingerprint density at radius 2 is 2.14 bits per heavy atom. The van der Waals surface area contributed by atoms with E-state index in [4.69, 9.17) is 24.3 Å². The first-order valence-corrected chi connectivity index (χ1v) is 11.3. The Kier molecular flexibility index (Phi) is 6.28. The van der Waals surface area contributed by atoms with E-state index in [1.807, 2.05) is 6.92 Å². The predicted molar refractivity (Wildman–Crippen MR) is 105 cm³/mol. The zero-order valence-electron chi connectivity index (χ0n) is 17.2. The molecule has 0 radical (unpaired) electrons. The summed E-state index contributed by atoms with van der Waals surface area (Å²) in [4.78, 5) is 12.9. The Morgan fingerprint density at radius 3 is 2.79 bits per heavy atom. The first kappa shape index (κ1) is 22.1. The molecule has 29 heavy (non-hydrogen) atoms. The average Bonchev–Trinajstić information content (AvgIpc) is 3.14. The van der Waals surface area contributed by atoms with Crippen molar-refractivity contribution in [2.75, 3.05) is 39.3 Å². The van der Waals surface area contributed by atoms with Crippen LogP contribution in [-0.2, 0) is 23.1 Å². The second-order valence-corrected chi connectivity index (χ2v) is 9.43. The summed E-state index contributed by atoms with van der Waals surface area (Å²) in [6.07, 6.45) is -0.847. The molecule has 1 aliphatic rings. The van der Waals surface area contributed by atoms with E-state index in [1.54, 1.807) is 31.9 Å². The van der Waals surface area contributed by atoms with Crippen LogP contribution in [0.25, 0.3) is 11.2 Å². The number of aliphatic hydroxyl groups excluding tert-OH is 1. The van der Waals surface area contributed by atoms with Crippen molar-refractivity contribution in [2.45, 2.75) is 39.2 Å². The van der Waals surface area contributed by atoms with Gasteiger partial charge in [-0.1, -0.05) is 6.92 Å². The summed E-state index contributed by atoms with van der Waals surface area (Å²) in [6.45, 7) is 7.03. The molecule has 3 N–H and O–H groups in total. The maximum absolute atomic E-state index is 12.3. The molecule has 1 saturated heterocycles. The molecule has 0 aromatic carbocycles. The normalized spacial score (nSPS) is 29.4. The lowest BCUT2D eigenvalue weighted by Crippen LogP contribution is -2.41. The fourth-order valence-corrected chi connectivity index (χ4v) is 4.61. The van der Waals surface area contributed by atoms with Crippen LogP contribution >= 0.6 is 7.60 Å². The number of nitrogens with zero attached hydrogens (tertiary/aromatic N) is 4. The zero-order valence-corrected chi connectivity index (χ0v) is 18.1. The number of aromatic nitrogens is 4. The number of ether oxygens (including phenoxy) is 2. The van der Waals surface area contributed by atoms with Crippen LogP contribution in [0.1, 0.15) is 25.9 Å². The van der Waals surface area contributed by atoms with Crippen LogP contribution in [0.3, 0.4) is 0 Å². The highest BCUT2D eigenvalue weighted by Crippen LogP contribution is 2.49. The van der Waals surface area contributed by atoms with Gasteiger partial charge in [-0.3, -0.25) is 9.13 Å². The van der Waals surface area contributed by atoms with E-state index >= 15 is 0 Å². The third-order valence-corrected chi connectivity index (χ3v) is 6.35. The number of aryl methyl sites for hydroxylation is 1. The summed E-state index contributed by atoms with van der Waals surface area (Å²) in [5.74, 6) is 0.758. The van der Waals surface area contributed by atoms with Crippen molar-refractivity contribution in [3.05, 3.63) is 12.2 Å². The zero-order chi connectivity index (χ0) is 21.4. The van der Waals surface area contributed by atoms with E-state index in [-0.39, 0.29) is 25.6 Å². The lowest BCUT2D eigenvalue weighted by Gasteiger charge is -2.32. The fourth-order valence-electron chi connectivity index (χ4n) is 3.65. The van der Waals surface area contributed by atoms with Gasteiger partial charge in [-0.25, -0.2) is 15.0 Å². The van der Waals surface area contributed by atoms with Crippen LogP contribution in [0.5, 0.6) is 0 Å². The van der Waals surface area contributed by atoms with Gasteiger partial charge in [0.1, 0.15) is 23.7 Å². The Labute approximate surface area is 169 Å². The molecule has 0 saturated carbocycles. The predicted octanol–water partition coefficient (Wildman–Crippen LogP) is 1.50. The smallest absolute Gasteiger partial charge is 0.327 e. The molecule has 2 aromatic heterocycles. The van der Waals surface area contributed by atoms with E-state index in [9.17, 15) is 9.67 Å². The van der Waals surface area contributed by atoms with E-state index in [0.717, 1.165) is 0 Å². The molecular formula is C17H28N5O6P. The summed E-state index contributed by atoms with van der Waals surface area (Å²) >= 11 is 0. The maximum atomic E-state index is 12.3. The van der Waals surface area contributed by atoms with E-state index in [0.29, 0.717) is 17.0 Å². The lowest BCUT2D eigenvalue weighted by molar-refractivity contribution is -0.0636. The molecule has 3 rings (SSSR count). The topological polar surface area (TPSA) is 144 Å². The lowest BCUT2D eigenvalue weighted by atomic mass is 9.83. The monoisotopic (exact) mass is 429 g/mol. The Balaban J connectivity index is 1.94. The Hall–Kier alpha value is -1.62. The number of nitrogen functional groups attached to an aromatic ring is 1. The van der Waals surface area contributed by atoms with Crippen molar-refractivity contribution in [3.8, 4) is 0 Å².